The summed E-state index contributed by atoms with van der Waals surface area (Å²) in [6, 6.07) is -1.19. The van der Waals surface area contributed by atoms with Crippen LogP contribution in [-0.4, -0.2) is 44.4 Å². The van der Waals surface area contributed by atoms with Crippen LogP contribution in [0.5, 0.6) is 0 Å². The molecule has 0 heterocycles. The topological polar surface area (TPSA) is 110 Å². The van der Waals surface area contributed by atoms with Crippen molar-refractivity contribution in [2.75, 3.05) is 12.9 Å². The molecule has 0 radical (unpaired) electrons. The molecule has 0 spiro atoms. The molecule has 0 aromatic carbocycles. The summed E-state index contributed by atoms with van der Waals surface area (Å²) in [7, 11) is -2.69. The predicted molar refractivity (Wildman–Crippen MR) is 69.0 cm³/mol. The number of carbonyl (C=O) groups excluding carboxylic acids is 1. The molecule has 0 aliphatic rings. The highest BCUT2D eigenvalue weighted by Gasteiger charge is 2.28. The number of carbonyl (C=O) groups is 2. The van der Waals surface area contributed by atoms with Gasteiger partial charge in [-0.2, -0.15) is 0 Å². The molecule has 0 rings (SSSR count). The average molecular weight is 295 g/mol. The maximum atomic E-state index is 11.8. The number of aliphatic carboxylic acids is 1. The van der Waals surface area contributed by atoms with Crippen LogP contribution in [0.3, 0.4) is 0 Å². The Balaban J connectivity index is 4.73. The number of nitrogens with one attached hydrogen (secondary N) is 1. The van der Waals surface area contributed by atoms with Crippen LogP contribution in [0, 0.1) is 11.8 Å². The number of ether oxygens (including phenoxy) is 1. The van der Waals surface area contributed by atoms with Gasteiger partial charge in [-0.3, -0.25) is 9.59 Å². The van der Waals surface area contributed by atoms with Gasteiger partial charge in [0.1, 0.15) is 6.04 Å². The summed E-state index contributed by atoms with van der Waals surface area (Å²) in [6.45, 7) is 4.99. The number of carboxylic acid groups (broad SMARTS) is 1. The monoisotopic (exact) mass is 295 g/mol. The Kier molecular flexibility index (Phi) is 6.99. The first-order valence-corrected chi connectivity index (χ1v) is 7.55. The minimum atomic E-state index is -3.86. The molecular formula is C11H21NO6S. The Morgan fingerprint density at radius 3 is 2.16 bits per heavy atom. The van der Waals surface area contributed by atoms with Gasteiger partial charge >= 0.3 is 11.9 Å². The van der Waals surface area contributed by atoms with Crippen molar-refractivity contribution in [3.8, 4) is 0 Å². The molecule has 112 valence electrons. The number of esters is 1. The number of rotatable bonds is 8. The number of sulfonamides is 1. The van der Waals surface area contributed by atoms with Crippen LogP contribution in [0.4, 0.5) is 0 Å². The van der Waals surface area contributed by atoms with Gasteiger partial charge in [0.15, 0.2) is 0 Å². The molecule has 0 aliphatic heterocycles. The van der Waals surface area contributed by atoms with Gasteiger partial charge in [0.2, 0.25) is 10.0 Å². The molecule has 1 unspecified atom stereocenters. The molecule has 7 nitrogen and oxygen atoms in total. The fourth-order valence-electron chi connectivity index (χ4n) is 1.53. The molecule has 8 heteroatoms. The molecule has 0 amide bonds. The van der Waals surface area contributed by atoms with E-state index in [-0.39, 0.29) is 12.3 Å². The van der Waals surface area contributed by atoms with E-state index in [2.05, 4.69) is 9.46 Å². The van der Waals surface area contributed by atoms with E-state index < -0.39 is 39.7 Å². The third-order valence-corrected chi connectivity index (χ3v) is 3.98. The first kappa shape index (κ1) is 17.8. The smallest absolute Gasteiger partial charge is 0.321 e. The SMILES string of the molecule is COC(=O)C(C)CS(=O)(=O)N[C@@H](CC(C)C)C(=O)O. The van der Waals surface area contributed by atoms with Gasteiger partial charge in [-0.05, 0) is 12.3 Å². The predicted octanol–water partition coefficient (Wildman–Crippen LogP) is 0.214. The van der Waals surface area contributed by atoms with Crippen molar-refractivity contribution in [2.45, 2.75) is 33.2 Å². The lowest BCUT2D eigenvalue weighted by Gasteiger charge is -2.17. The summed E-state index contributed by atoms with van der Waals surface area (Å²) in [5.74, 6) is -3.21. The lowest BCUT2D eigenvalue weighted by molar-refractivity contribution is -0.144. The van der Waals surface area contributed by atoms with Crippen molar-refractivity contribution < 1.29 is 27.9 Å². The maximum Gasteiger partial charge on any atom is 0.321 e. The van der Waals surface area contributed by atoms with E-state index >= 15 is 0 Å². The lowest BCUT2D eigenvalue weighted by atomic mass is 10.1. The van der Waals surface area contributed by atoms with Crippen molar-refractivity contribution in [3.63, 3.8) is 0 Å². The average Bonchev–Trinajstić information content (AvgIpc) is 2.25. The largest absolute Gasteiger partial charge is 0.480 e. The van der Waals surface area contributed by atoms with Gasteiger partial charge in [-0.25, -0.2) is 13.1 Å². The third-order valence-electron chi connectivity index (χ3n) is 2.40. The highest BCUT2D eigenvalue weighted by Crippen LogP contribution is 2.08. The Morgan fingerprint density at radius 1 is 1.26 bits per heavy atom. The van der Waals surface area contributed by atoms with Crippen molar-refractivity contribution in [1.82, 2.24) is 4.72 Å². The van der Waals surface area contributed by atoms with Crippen LogP contribution in [-0.2, 0) is 24.3 Å². The molecule has 0 saturated heterocycles. The van der Waals surface area contributed by atoms with Crippen molar-refractivity contribution in [1.29, 1.82) is 0 Å². The van der Waals surface area contributed by atoms with E-state index in [4.69, 9.17) is 5.11 Å². The zero-order valence-electron chi connectivity index (χ0n) is 11.5. The zero-order valence-corrected chi connectivity index (χ0v) is 12.4. The standard InChI is InChI=1S/C11H21NO6S/c1-7(2)5-9(10(13)14)12-19(16,17)6-8(3)11(15)18-4/h7-9,12H,5-6H2,1-4H3,(H,13,14)/t8?,9-/m0/s1. The van der Waals surface area contributed by atoms with Crippen molar-refractivity contribution >= 4 is 22.0 Å². The van der Waals surface area contributed by atoms with Gasteiger partial charge < -0.3 is 9.84 Å². The van der Waals surface area contributed by atoms with Gasteiger partial charge in [0, 0.05) is 0 Å². The molecular weight excluding hydrogens is 274 g/mol. The summed E-state index contributed by atoms with van der Waals surface area (Å²) >= 11 is 0. The second-order valence-electron chi connectivity index (χ2n) is 4.84. The summed E-state index contributed by atoms with van der Waals surface area (Å²) in [5.41, 5.74) is 0. The first-order chi connectivity index (χ1) is 8.59. The van der Waals surface area contributed by atoms with E-state index in [1.54, 1.807) is 13.8 Å². The summed E-state index contributed by atoms with van der Waals surface area (Å²) in [6.07, 6.45) is 0.182. The summed E-state index contributed by atoms with van der Waals surface area (Å²) in [5, 5.41) is 8.96. The second-order valence-corrected chi connectivity index (χ2v) is 6.64. The van der Waals surface area contributed by atoms with E-state index in [1.807, 2.05) is 0 Å². The van der Waals surface area contributed by atoms with E-state index in [0.717, 1.165) is 7.11 Å². The second kappa shape index (κ2) is 7.44. The summed E-state index contributed by atoms with van der Waals surface area (Å²) < 4.78 is 30.1. The fraction of sp³-hybridized carbons (Fsp3) is 0.818. The van der Waals surface area contributed by atoms with Crippen LogP contribution in [0.1, 0.15) is 27.2 Å². The molecule has 0 saturated carbocycles. The fourth-order valence-corrected chi connectivity index (χ4v) is 3.06. The quantitative estimate of drug-likeness (QED) is 0.620. The molecule has 0 aliphatic carbocycles. The molecule has 19 heavy (non-hydrogen) atoms. The maximum absolute atomic E-state index is 11.8. The first-order valence-electron chi connectivity index (χ1n) is 5.89. The van der Waals surface area contributed by atoms with E-state index in [0.29, 0.717) is 0 Å². The normalized spacial score (nSPS) is 15.0. The minimum Gasteiger partial charge on any atom is -0.480 e. The lowest BCUT2D eigenvalue weighted by Crippen LogP contribution is -2.44. The van der Waals surface area contributed by atoms with Gasteiger partial charge in [0.05, 0.1) is 18.8 Å². The van der Waals surface area contributed by atoms with Crippen LogP contribution in [0.15, 0.2) is 0 Å². The van der Waals surface area contributed by atoms with Crippen LogP contribution < -0.4 is 4.72 Å². The number of hydrogen-bond acceptors (Lipinski definition) is 5. The highest BCUT2D eigenvalue weighted by atomic mass is 32.2. The van der Waals surface area contributed by atoms with Crippen molar-refractivity contribution in [3.05, 3.63) is 0 Å². The number of hydrogen-bond donors (Lipinski definition) is 2. The Bertz CT molecular complexity index is 417. The highest BCUT2D eigenvalue weighted by molar-refractivity contribution is 7.89. The van der Waals surface area contributed by atoms with Crippen LogP contribution in [0.25, 0.3) is 0 Å². The Morgan fingerprint density at radius 2 is 1.79 bits per heavy atom. The zero-order chi connectivity index (χ0) is 15.2. The molecule has 0 bridgehead atoms. The number of methoxy groups -OCH3 is 1. The molecule has 2 N–H and O–H groups in total. The molecule has 0 aromatic heterocycles. The minimum absolute atomic E-state index is 0.0295. The van der Waals surface area contributed by atoms with Crippen LogP contribution >= 0.6 is 0 Å². The Labute approximate surface area is 113 Å². The van der Waals surface area contributed by atoms with Crippen molar-refractivity contribution in [2.24, 2.45) is 11.8 Å². The van der Waals surface area contributed by atoms with E-state index in [9.17, 15) is 18.0 Å². The van der Waals surface area contributed by atoms with Gasteiger partial charge in [-0.1, -0.05) is 20.8 Å². The Hall–Kier alpha value is -1.15. The van der Waals surface area contributed by atoms with E-state index in [1.165, 1.54) is 6.92 Å². The molecule has 2 atom stereocenters. The third kappa shape index (κ3) is 7.12. The van der Waals surface area contributed by atoms with Gasteiger partial charge in [-0.15, -0.1) is 0 Å². The number of carboxylic acids is 1. The summed E-state index contributed by atoms with van der Waals surface area (Å²) in [4.78, 5) is 22.1. The van der Waals surface area contributed by atoms with Gasteiger partial charge in [0.25, 0.3) is 0 Å². The molecule has 0 aromatic rings. The molecule has 0 fully saturated rings. The van der Waals surface area contributed by atoms with Crippen LogP contribution in [0.2, 0.25) is 0 Å².